The summed E-state index contributed by atoms with van der Waals surface area (Å²) < 4.78 is 7.10. The molecule has 2 aliphatic rings. The zero-order valence-corrected chi connectivity index (χ0v) is 20.1. The van der Waals surface area contributed by atoms with Crippen LogP contribution in [-0.2, 0) is 9.53 Å². The molecule has 1 aliphatic heterocycles. The predicted octanol–water partition coefficient (Wildman–Crippen LogP) is 0.667. The van der Waals surface area contributed by atoms with Crippen molar-refractivity contribution in [3.63, 3.8) is 0 Å². The van der Waals surface area contributed by atoms with E-state index in [0.29, 0.717) is 47.4 Å². The summed E-state index contributed by atoms with van der Waals surface area (Å²) >= 11 is 1.48. The third-order valence-electron chi connectivity index (χ3n) is 5.62. The Kier molecular flexibility index (Phi) is 6.73. The number of imidazole rings is 1. The standard InChI is InChI=1S/C23H27N7O4S/c1-2-8-34-9-7-24-22(32)18-6-5-17(35-18)15-11-19(26-14-3-4-14)30-20(27-15)13(12-25-30)10-16-21(31)29-23(33)28-16/h6,10-12,14,17,31H,2-5,7-9H2,1H3,(H,24,32)(H2,28,29,33). The van der Waals surface area contributed by atoms with Gasteiger partial charge in [0.25, 0.3) is 5.91 Å². The quantitative estimate of drug-likeness (QED) is 0.317. The predicted molar refractivity (Wildman–Crippen MR) is 131 cm³/mol. The van der Waals surface area contributed by atoms with Crippen LogP contribution < -0.4 is 21.7 Å². The second-order valence-corrected chi connectivity index (χ2v) is 9.74. The number of hydrogen-bond acceptors (Lipinski definition) is 8. The molecule has 0 bridgehead atoms. The van der Waals surface area contributed by atoms with E-state index in [1.165, 1.54) is 11.8 Å². The van der Waals surface area contributed by atoms with Gasteiger partial charge in [0.2, 0.25) is 5.88 Å². The molecular weight excluding hydrogens is 470 g/mol. The van der Waals surface area contributed by atoms with Crippen LogP contribution in [0.15, 0.2) is 33.0 Å². The van der Waals surface area contributed by atoms with E-state index in [2.05, 4.69) is 20.4 Å². The van der Waals surface area contributed by atoms with E-state index < -0.39 is 5.69 Å². The van der Waals surface area contributed by atoms with Crippen LogP contribution in [0.4, 0.5) is 0 Å². The van der Waals surface area contributed by atoms with Crippen LogP contribution in [0.5, 0.6) is 5.88 Å². The first-order valence-corrected chi connectivity index (χ1v) is 12.6. The molecule has 0 saturated heterocycles. The van der Waals surface area contributed by atoms with Crippen LogP contribution in [0.3, 0.4) is 0 Å². The van der Waals surface area contributed by atoms with Crippen molar-refractivity contribution in [3.05, 3.63) is 55.8 Å². The summed E-state index contributed by atoms with van der Waals surface area (Å²) in [6.45, 7) is 3.70. The molecule has 1 aliphatic carbocycles. The van der Waals surface area contributed by atoms with E-state index in [1.807, 2.05) is 19.1 Å². The van der Waals surface area contributed by atoms with Gasteiger partial charge in [0.15, 0.2) is 11.1 Å². The van der Waals surface area contributed by atoms with Gasteiger partial charge in [-0.15, -0.1) is 11.8 Å². The smallest absolute Gasteiger partial charge is 0.326 e. The highest BCUT2D eigenvalue weighted by Gasteiger charge is 2.26. The third-order valence-corrected chi connectivity index (χ3v) is 6.94. The highest BCUT2D eigenvalue weighted by atomic mass is 32.2. The van der Waals surface area contributed by atoms with Gasteiger partial charge in [-0.25, -0.2) is 9.78 Å². The van der Waals surface area contributed by atoms with Crippen molar-refractivity contribution in [2.75, 3.05) is 19.8 Å². The Morgan fingerprint density at radius 2 is 2.26 bits per heavy atom. The Bertz CT molecular complexity index is 1450. The molecule has 12 heteroatoms. The molecule has 35 heavy (non-hydrogen) atoms. The van der Waals surface area contributed by atoms with Crippen molar-refractivity contribution in [3.8, 4) is 5.88 Å². The molecule has 11 nitrogen and oxygen atoms in total. The molecule has 0 aromatic carbocycles. The highest BCUT2D eigenvalue weighted by molar-refractivity contribution is 8.04. The van der Waals surface area contributed by atoms with Crippen molar-refractivity contribution in [1.82, 2.24) is 29.9 Å². The number of nitrogens with zero attached hydrogens (tertiary/aromatic N) is 4. The zero-order valence-electron chi connectivity index (χ0n) is 19.3. The van der Waals surface area contributed by atoms with E-state index in [4.69, 9.17) is 14.7 Å². The number of ether oxygens (including phenoxy) is 1. The van der Waals surface area contributed by atoms with Crippen LogP contribution in [0.1, 0.15) is 49.2 Å². The lowest BCUT2D eigenvalue weighted by Gasteiger charge is -2.11. The fourth-order valence-corrected chi connectivity index (χ4v) is 4.85. The van der Waals surface area contributed by atoms with E-state index in [9.17, 15) is 14.7 Å². The molecule has 4 heterocycles. The molecule has 184 valence electrons. The Labute approximate surface area is 204 Å². The van der Waals surface area contributed by atoms with Gasteiger partial charge >= 0.3 is 5.69 Å². The summed E-state index contributed by atoms with van der Waals surface area (Å²) in [6.07, 6.45) is 8.89. The van der Waals surface area contributed by atoms with Gasteiger partial charge in [-0.2, -0.15) is 9.61 Å². The number of aromatic hydroxyl groups is 1. The monoisotopic (exact) mass is 497 g/mol. The maximum absolute atomic E-state index is 12.6. The number of aromatic nitrogens is 5. The molecule has 1 unspecified atom stereocenters. The lowest BCUT2D eigenvalue weighted by Crippen LogP contribution is -2.27. The fraction of sp³-hybridized carbons (Fsp3) is 0.435. The zero-order chi connectivity index (χ0) is 24.4. The van der Waals surface area contributed by atoms with Crippen molar-refractivity contribution in [1.29, 1.82) is 0 Å². The Hall–Kier alpha value is -3.38. The first-order chi connectivity index (χ1) is 17.0. The second kappa shape index (κ2) is 10.1. The summed E-state index contributed by atoms with van der Waals surface area (Å²) in [4.78, 5) is 39.3. The Morgan fingerprint density at radius 1 is 1.40 bits per heavy atom. The topological polar surface area (TPSA) is 150 Å². The van der Waals surface area contributed by atoms with Crippen LogP contribution in [0.25, 0.3) is 11.7 Å². The van der Waals surface area contributed by atoms with Gasteiger partial charge < -0.3 is 20.1 Å². The number of carbonyl (C=O) groups excluding carboxylic acids is 1. The lowest BCUT2D eigenvalue weighted by atomic mass is 10.2. The summed E-state index contributed by atoms with van der Waals surface area (Å²) in [5, 5.41) is 17.9. The lowest BCUT2D eigenvalue weighted by molar-refractivity contribution is -0.117. The maximum atomic E-state index is 12.6. The summed E-state index contributed by atoms with van der Waals surface area (Å²) in [5.41, 5.74) is 1.81. The molecule has 3 aromatic heterocycles. The number of fused-ring (bicyclic) bond motifs is 1. The normalized spacial score (nSPS) is 19.0. The molecule has 1 saturated carbocycles. The highest BCUT2D eigenvalue weighted by Crippen LogP contribution is 2.42. The number of H-pyrrole nitrogens is 2. The molecule has 1 atom stereocenters. The van der Waals surface area contributed by atoms with Gasteiger partial charge in [0, 0.05) is 24.4 Å². The third kappa shape index (κ3) is 5.33. The summed E-state index contributed by atoms with van der Waals surface area (Å²) in [6, 6.07) is 2.21. The fourth-order valence-electron chi connectivity index (χ4n) is 3.74. The van der Waals surface area contributed by atoms with Crippen LogP contribution in [0, 0.1) is 0 Å². The van der Waals surface area contributed by atoms with E-state index >= 15 is 0 Å². The summed E-state index contributed by atoms with van der Waals surface area (Å²) in [5.74, 6) is -0.355. The summed E-state index contributed by atoms with van der Waals surface area (Å²) in [7, 11) is 0. The average molecular weight is 498 g/mol. The molecule has 5 rings (SSSR count). The number of aromatic amines is 2. The molecule has 0 spiro atoms. The van der Waals surface area contributed by atoms with Crippen molar-refractivity contribution >= 4 is 29.4 Å². The first-order valence-electron chi connectivity index (χ1n) is 11.7. The SMILES string of the molecule is CCCOCCNC(=O)C1=CCC(c2cc(=NC3CC3)n3ncc(=Cc4[nH]c(=O)[nH]c4O)c3n2)S1. The van der Waals surface area contributed by atoms with E-state index in [0.717, 1.165) is 25.0 Å². The average Bonchev–Trinajstić information content (AvgIpc) is 3.22. The van der Waals surface area contributed by atoms with Gasteiger partial charge in [0.1, 0.15) is 5.69 Å². The van der Waals surface area contributed by atoms with Crippen molar-refractivity contribution in [2.45, 2.75) is 43.9 Å². The number of allylic oxidation sites excluding steroid dienone is 1. The van der Waals surface area contributed by atoms with Crippen LogP contribution in [0.2, 0.25) is 0 Å². The Balaban J connectivity index is 1.41. The second-order valence-electron chi connectivity index (χ2n) is 8.50. The maximum Gasteiger partial charge on any atom is 0.326 e. The van der Waals surface area contributed by atoms with E-state index in [1.54, 1.807) is 16.8 Å². The van der Waals surface area contributed by atoms with Crippen LogP contribution in [-0.4, -0.2) is 61.4 Å². The number of nitrogens with one attached hydrogen (secondary N) is 3. The number of rotatable bonds is 9. The molecule has 4 N–H and O–H groups in total. The number of hydrogen-bond donors (Lipinski definition) is 4. The minimum atomic E-state index is -0.501. The van der Waals surface area contributed by atoms with E-state index in [-0.39, 0.29) is 28.8 Å². The molecular formula is C23H27N7O4S. The number of amides is 1. The van der Waals surface area contributed by atoms with Crippen LogP contribution >= 0.6 is 11.8 Å². The molecule has 0 radical (unpaired) electrons. The van der Waals surface area contributed by atoms with Gasteiger partial charge in [-0.1, -0.05) is 13.0 Å². The van der Waals surface area contributed by atoms with Gasteiger partial charge in [0.05, 0.1) is 34.7 Å². The molecule has 1 amide bonds. The number of thioether (sulfide) groups is 1. The minimum absolute atomic E-state index is 0.0338. The van der Waals surface area contributed by atoms with Crippen molar-refractivity contribution < 1.29 is 14.6 Å². The molecule has 1 fully saturated rings. The minimum Gasteiger partial charge on any atom is -0.493 e. The van der Waals surface area contributed by atoms with Gasteiger partial charge in [-0.05, 0) is 31.8 Å². The molecule has 3 aromatic rings. The van der Waals surface area contributed by atoms with Gasteiger partial charge in [-0.3, -0.25) is 14.8 Å². The van der Waals surface area contributed by atoms with Crippen molar-refractivity contribution in [2.24, 2.45) is 4.99 Å². The Morgan fingerprint density at radius 3 is 3.00 bits per heavy atom. The first kappa shape index (κ1) is 23.4. The largest absolute Gasteiger partial charge is 0.493 e. The number of carbonyl (C=O) groups is 1.